The Balaban J connectivity index is 1.46. The van der Waals surface area contributed by atoms with Crippen LogP contribution in [0.15, 0.2) is 30.5 Å². The van der Waals surface area contributed by atoms with Gasteiger partial charge in [0.15, 0.2) is 0 Å². The zero-order valence-electron chi connectivity index (χ0n) is 14.7. The van der Waals surface area contributed by atoms with Crippen molar-refractivity contribution >= 4 is 23.2 Å². The molecule has 5 nitrogen and oxygen atoms in total. The summed E-state index contributed by atoms with van der Waals surface area (Å²) in [6.07, 6.45) is 6.07. The van der Waals surface area contributed by atoms with Gasteiger partial charge in [0.1, 0.15) is 0 Å². The number of likely N-dealkylation sites (tertiary alicyclic amines) is 1. The lowest BCUT2D eigenvalue weighted by Crippen LogP contribution is -2.29. The van der Waals surface area contributed by atoms with Crippen LogP contribution in [-0.2, 0) is 17.9 Å². The van der Waals surface area contributed by atoms with E-state index < -0.39 is 0 Å². The number of rotatable bonds is 6. The molecule has 1 aliphatic rings. The van der Waals surface area contributed by atoms with E-state index >= 15 is 0 Å². The molecule has 0 saturated carbocycles. The maximum Gasteiger partial charge on any atom is 0.226 e. The average Bonchev–Trinajstić information content (AvgIpc) is 2.94. The van der Waals surface area contributed by atoms with Crippen LogP contribution in [0.4, 0.5) is 5.69 Å². The molecule has 3 rings (SSSR count). The smallest absolute Gasteiger partial charge is 0.226 e. The largest absolute Gasteiger partial charge is 0.326 e. The number of halogens is 1. The van der Waals surface area contributed by atoms with Crippen molar-refractivity contribution < 1.29 is 4.79 Å². The first-order chi connectivity index (χ1) is 12.1. The van der Waals surface area contributed by atoms with E-state index in [9.17, 15) is 4.79 Å². The van der Waals surface area contributed by atoms with E-state index in [2.05, 4.69) is 27.4 Å². The van der Waals surface area contributed by atoms with Crippen molar-refractivity contribution in [1.29, 1.82) is 0 Å². The lowest BCUT2D eigenvalue weighted by atomic mass is 10.1. The van der Waals surface area contributed by atoms with Crippen molar-refractivity contribution in [3.63, 3.8) is 0 Å². The number of nitrogens with zero attached hydrogens (tertiary/aromatic N) is 3. The Hall–Kier alpha value is -1.85. The molecule has 1 aliphatic heterocycles. The third-order valence-corrected chi connectivity index (χ3v) is 4.92. The average molecular weight is 361 g/mol. The number of amides is 1. The number of hydrogen-bond acceptors (Lipinski definition) is 3. The topological polar surface area (TPSA) is 50.2 Å². The predicted molar refractivity (Wildman–Crippen MR) is 101 cm³/mol. The number of aromatic nitrogens is 2. The van der Waals surface area contributed by atoms with Gasteiger partial charge in [-0.25, -0.2) is 0 Å². The third-order valence-electron chi connectivity index (χ3n) is 4.55. The van der Waals surface area contributed by atoms with Crippen LogP contribution < -0.4 is 5.32 Å². The minimum atomic E-state index is -0.0203. The van der Waals surface area contributed by atoms with Crippen LogP contribution in [0, 0.1) is 6.92 Å². The van der Waals surface area contributed by atoms with Crippen LogP contribution in [0.3, 0.4) is 0 Å². The number of aryl methyl sites for hydroxylation is 2. The normalized spacial score (nSPS) is 15.3. The molecule has 134 valence electrons. The molecule has 2 heterocycles. The Morgan fingerprint density at radius 2 is 1.92 bits per heavy atom. The third kappa shape index (κ3) is 5.31. The van der Waals surface area contributed by atoms with Gasteiger partial charge in [-0.15, -0.1) is 0 Å². The van der Waals surface area contributed by atoms with Crippen LogP contribution in [0.25, 0.3) is 0 Å². The zero-order chi connectivity index (χ0) is 17.6. The molecule has 25 heavy (non-hydrogen) atoms. The van der Waals surface area contributed by atoms with Crippen LogP contribution in [-0.4, -0.2) is 33.7 Å². The van der Waals surface area contributed by atoms with Gasteiger partial charge in [-0.2, -0.15) is 5.10 Å². The van der Waals surface area contributed by atoms with Crippen molar-refractivity contribution in [2.45, 2.75) is 45.7 Å². The van der Waals surface area contributed by atoms with Gasteiger partial charge < -0.3 is 5.32 Å². The Morgan fingerprint density at radius 3 is 2.56 bits per heavy atom. The number of benzene rings is 1. The molecule has 2 aromatic rings. The monoisotopic (exact) mass is 360 g/mol. The second-order valence-electron chi connectivity index (χ2n) is 6.66. The van der Waals surface area contributed by atoms with E-state index in [4.69, 9.17) is 11.6 Å². The Kier molecular flexibility index (Phi) is 6.10. The zero-order valence-corrected chi connectivity index (χ0v) is 15.4. The van der Waals surface area contributed by atoms with Gasteiger partial charge in [-0.05, 0) is 50.6 Å². The summed E-state index contributed by atoms with van der Waals surface area (Å²) < 4.78 is 1.71. The highest BCUT2D eigenvalue weighted by Gasteiger charge is 2.10. The number of hydrogen-bond donors (Lipinski definition) is 1. The van der Waals surface area contributed by atoms with Gasteiger partial charge in [0.25, 0.3) is 0 Å². The Morgan fingerprint density at radius 1 is 1.20 bits per heavy atom. The van der Waals surface area contributed by atoms with E-state index in [-0.39, 0.29) is 5.91 Å². The molecule has 0 aliphatic carbocycles. The maximum absolute atomic E-state index is 12.1. The van der Waals surface area contributed by atoms with Gasteiger partial charge in [-0.3, -0.25) is 14.4 Å². The van der Waals surface area contributed by atoms with Crippen molar-refractivity contribution in [1.82, 2.24) is 14.7 Å². The fourth-order valence-electron chi connectivity index (χ4n) is 3.12. The lowest BCUT2D eigenvalue weighted by Gasteiger charge is -2.26. The van der Waals surface area contributed by atoms with Crippen molar-refractivity contribution in [3.8, 4) is 0 Å². The van der Waals surface area contributed by atoms with Crippen molar-refractivity contribution in [2.75, 3.05) is 18.4 Å². The molecule has 6 heteroatoms. The first-order valence-corrected chi connectivity index (χ1v) is 9.28. The minimum absolute atomic E-state index is 0.0203. The second kappa shape index (κ2) is 8.50. The maximum atomic E-state index is 12.1. The minimum Gasteiger partial charge on any atom is -0.326 e. The fourth-order valence-corrected chi connectivity index (χ4v) is 3.27. The highest BCUT2D eigenvalue weighted by molar-refractivity contribution is 6.31. The van der Waals surface area contributed by atoms with E-state index in [0.29, 0.717) is 18.0 Å². The molecular weight excluding hydrogens is 336 g/mol. The van der Waals surface area contributed by atoms with Crippen LogP contribution >= 0.6 is 11.6 Å². The summed E-state index contributed by atoms with van der Waals surface area (Å²) >= 11 is 5.97. The SMILES string of the molecule is Cc1nn(CCC(=O)Nc2ccc(CN3CCCCC3)cc2)cc1Cl. The van der Waals surface area contributed by atoms with Crippen molar-refractivity contribution in [3.05, 3.63) is 46.7 Å². The lowest BCUT2D eigenvalue weighted by molar-refractivity contribution is -0.116. The highest BCUT2D eigenvalue weighted by atomic mass is 35.5. The van der Waals surface area contributed by atoms with Gasteiger partial charge in [0, 0.05) is 31.4 Å². The summed E-state index contributed by atoms with van der Waals surface area (Å²) in [7, 11) is 0. The van der Waals surface area contributed by atoms with Gasteiger partial charge in [-0.1, -0.05) is 30.2 Å². The number of piperidine rings is 1. The molecule has 0 bridgehead atoms. The molecule has 1 aromatic heterocycles. The van der Waals surface area contributed by atoms with E-state index in [1.54, 1.807) is 10.9 Å². The molecule has 0 atom stereocenters. The second-order valence-corrected chi connectivity index (χ2v) is 7.06. The number of carbonyl (C=O) groups is 1. The summed E-state index contributed by atoms with van der Waals surface area (Å²) in [5.41, 5.74) is 2.91. The molecular formula is C19H25ClN4O. The summed E-state index contributed by atoms with van der Waals surface area (Å²) in [5, 5.41) is 7.82. The predicted octanol–water partition coefficient (Wildman–Crippen LogP) is 3.86. The number of nitrogens with one attached hydrogen (secondary N) is 1. The summed E-state index contributed by atoms with van der Waals surface area (Å²) in [6.45, 7) is 5.75. The summed E-state index contributed by atoms with van der Waals surface area (Å²) in [4.78, 5) is 14.6. The number of anilines is 1. The summed E-state index contributed by atoms with van der Waals surface area (Å²) in [6, 6.07) is 8.15. The first kappa shape index (κ1) is 18.0. The van der Waals surface area contributed by atoms with Gasteiger partial charge in [0.2, 0.25) is 5.91 Å². The van der Waals surface area contributed by atoms with Crippen LogP contribution in [0.2, 0.25) is 5.02 Å². The number of carbonyl (C=O) groups excluding carboxylic acids is 1. The van der Waals surface area contributed by atoms with Gasteiger partial charge >= 0.3 is 0 Å². The quantitative estimate of drug-likeness (QED) is 0.851. The molecule has 0 spiro atoms. The fraction of sp³-hybridized carbons (Fsp3) is 0.474. The van der Waals surface area contributed by atoms with Crippen molar-refractivity contribution in [2.24, 2.45) is 0 Å². The molecule has 0 radical (unpaired) electrons. The van der Waals surface area contributed by atoms with Gasteiger partial charge in [0.05, 0.1) is 10.7 Å². The van der Waals surface area contributed by atoms with E-state index in [1.165, 1.54) is 37.9 Å². The van der Waals surface area contributed by atoms with E-state index in [1.807, 2.05) is 19.1 Å². The standard InChI is InChI=1S/C19H25ClN4O/c1-15-18(20)14-24(22-15)12-9-19(25)21-17-7-5-16(6-8-17)13-23-10-3-2-4-11-23/h5-8,14H,2-4,9-13H2,1H3,(H,21,25). The molecule has 1 fully saturated rings. The van der Waals surface area contributed by atoms with E-state index in [0.717, 1.165) is 17.9 Å². The molecule has 1 saturated heterocycles. The van der Waals surface area contributed by atoms with Crippen LogP contribution in [0.5, 0.6) is 0 Å². The first-order valence-electron chi connectivity index (χ1n) is 8.91. The Bertz CT molecular complexity index is 685. The highest BCUT2D eigenvalue weighted by Crippen LogP contribution is 2.16. The van der Waals surface area contributed by atoms with Crippen LogP contribution in [0.1, 0.15) is 36.9 Å². The molecule has 1 aromatic carbocycles. The molecule has 1 amide bonds. The molecule has 1 N–H and O–H groups in total. The summed E-state index contributed by atoms with van der Waals surface area (Å²) in [5.74, 6) is -0.0203. The molecule has 0 unspecified atom stereocenters. The Labute approximate surface area is 154 Å².